The lowest BCUT2D eigenvalue weighted by Crippen LogP contribution is -2.11. The van der Waals surface area contributed by atoms with Gasteiger partial charge in [0.15, 0.2) is 4.77 Å². The van der Waals surface area contributed by atoms with Gasteiger partial charge in [0, 0.05) is 19.2 Å². The minimum absolute atomic E-state index is 0.670. The predicted molar refractivity (Wildman–Crippen MR) is 61.4 cm³/mol. The lowest BCUT2D eigenvalue weighted by atomic mass is 10.3. The Labute approximate surface area is 98.3 Å². The van der Waals surface area contributed by atoms with Gasteiger partial charge in [-0.3, -0.25) is 9.78 Å². The first-order valence-electron chi connectivity index (χ1n) is 5.29. The first-order chi connectivity index (χ1) is 7.81. The third-order valence-electron chi connectivity index (χ3n) is 2.34. The summed E-state index contributed by atoms with van der Waals surface area (Å²) in [7, 11) is 0. The van der Waals surface area contributed by atoms with Crippen molar-refractivity contribution in [3.63, 3.8) is 0 Å². The molecule has 86 valence electrons. The average molecular weight is 238 g/mol. The number of nitrogens with one attached hydrogen (secondary N) is 1. The second-order valence-electron chi connectivity index (χ2n) is 3.51. The summed E-state index contributed by atoms with van der Waals surface area (Å²) in [6.45, 7) is 3.65. The highest BCUT2D eigenvalue weighted by atomic mass is 32.1. The first kappa shape index (κ1) is 11.0. The van der Waals surface area contributed by atoms with Crippen LogP contribution in [0.1, 0.15) is 19.2 Å². The van der Waals surface area contributed by atoms with Gasteiger partial charge in [0.25, 0.3) is 0 Å². The molecule has 0 aliphatic rings. The van der Waals surface area contributed by atoms with E-state index in [9.17, 15) is 0 Å². The van der Waals surface area contributed by atoms with Crippen LogP contribution in [0.2, 0.25) is 0 Å². The van der Waals surface area contributed by atoms with Crippen LogP contribution in [0, 0.1) is 4.77 Å². The molecule has 0 unspecified atom stereocenters. The number of aromatic nitrogens is 6. The van der Waals surface area contributed by atoms with E-state index in [4.69, 9.17) is 12.2 Å². The Bertz CT molecular complexity index is 482. The number of H-pyrrole nitrogens is 1. The van der Waals surface area contributed by atoms with Crippen molar-refractivity contribution in [2.45, 2.75) is 32.9 Å². The minimum Gasteiger partial charge on any atom is -0.302 e. The number of aromatic amines is 1. The molecule has 0 aromatic carbocycles. The van der Waals surface area contributed by atoms with Crippen LogP contribution in [-0.4, -0.2) is 29.8 Å². The summed E-state index contributed by atoms with van der Waals surface area (Å²) in [5, 5.41) is 14.7. The van der Waals surface area contributed by atoms with Gasteiger partial charge in [0.1, 0.15) is 5.82 Å². The zero-order chi connectivity index (χ0) is 11.4. The van der Waals surface area contributed by atoms with E-state index in [1.807, 2.05) is 10.8 Å². The fourth-order valence-electron chi connectivity index (χ4n) is 1.55. The van der Waals surface area contributed by atoms with Gasteiger partial charge in [-0.25, -0.2) is 0 Å². The van der Waals surface area contributed by atoms with E-state index in [1.165, 1.54) is 0 Å². The van der Waals surface area contributed by atoms with Gasteiger partial charge in [-0.2, -0.15) is 5.10 Å². The molecule has 2 aromatic heterocycles. The molecule has 0 atom stereocenters. The molecule has 0 spiro atoms. The van der Waals surface area contributed by atoms with Crippen LogP contribution < -0.4 is 0 Å². The van der Waals surface area contributed by atoms with Gasteiger partial charge in [0.05, 0.1) is 12.7 Å². The molecule has 0 aliphatic carbocycles. The fraction of sp³-hybridized carbons (Fsp3) is 0.556. The third-order valence-corrected chi connectivity index (χ3v) is 2.65. The normalized spacial score (nSPS) is 10.8. The maximum absolute atomic E-state index is 5.18. The highest BCUT2D eigenvalue weighted by Gasteiger charge is 2.04. The van der Waals surface area contributed by atoms with E-state index in [-0.39, 0.29) is 0 Å². The second-order valence-corrected chi connectivity index (χ2v) is 3.90. The molecule has 0 saturated carbocycles. The monoisotopic (exact) mass is 238 g/mol. The van der Waals surface area contributed by atoms with Gasteiger partial charge in [-0.15, -0.1) is 5.10 Å². The molecule has 0 bridgehead atoms. The van der Waals surface area contributed by atoms with Crippen molar-refractivity contribution in [1.82, 2.24) is 29.8 Å². The van der Waals surface area contributed by atoms with Crippen LogP contribution in [0.5, 0.6) is 0 Å². The van der Waals surface area contributed by atoms with Crippen molar-refractivity contribution < 1.29 is 0 Å². The highest BCUT2D eigenvalue weighted by molar-refractivity contribution is 7.71. The quantitative estimate of drug-likeness (QED) is 0.795. The van der Waals surface area contributed by atoms with Crippen LogP contribution in [0.3, 0.4) is 0 Å². The molecule has 2 rings (SSSR count). The molecular formula is C9H14N6S. The van der Waals surface area contributed by atoms with Crippen molar-refractivity contribution in [1.29, 1.82) is 0 Å². The largest absolute Gasteiger partial charge is 0.302 e. The van der Waals surface area contributed by atoms with Crippen molar-refractivity contribution >= 4 is 12.2 Å². The Morgan fingerprint density at radius 2 is 2.31 bits per heavy atom. The maximum Gasteiger partial charge on any atom is 0.195 e. The van der Waals surface area contributed by atoms with E-state index in [1.54, 1.807) is 10.9 Å². The van der Waals surface area contributed by atoms with Crippen molar-refractivity contribution in [3.05, 3.63) is 23.0 Å². The molecule has 6 nitrogen and oxygen atoms in total. The van der Waals surface area contributed by atoms with Crippen molar-refractivity contribution in [3.8, 4) is 0 Å². The highest BCUT2D eigenvalue weighted by Crippen LogP contribution is 2.02. The average Bonchev–Trinajstić information content (AvgIpc) is 2.88. The Morgan fingerprint density at radius 3 is 3.00 bits per heavy atom. The van der Waals surface area contributed by atoms with Gasteiger partial charge >= 0.3 is 0 Å². The van der Waals surface area contributed by atoms with Crippen molar-refractivity contribution in [2.24, 2.45) is 0 Å². The zero-order valence-electron chi connectivity index (χ0n) is 9.13. The minimum atomic E-state index is 0.670. The molecular weight excluding hydrogens is 224 g/mol. The number of hydrogen-bond acceptors (Lipinski definition) is 4. The second kappa shape index (κ2) is 5.02. The van der Waals surface area contributed by atoms with Crippen LogP contribution in [0.15, 0.2) is 12.4 Å². The van der Waals surface area contributed by atoms with Crippen LogP contribution >= 0.6 is 12.2 Å². The Morgan fingerprint density at radius 1 is 1.44 bits per heavy atom. The SMILES string of the molecule is CCCc1n[nH]c(=S)n1CCn1ccnn1. The lowest BCUT2D eigenvalue weighted by Gasteiger charge is -2.05. The van der Waals surface area contributed by atoms with E-state index >= 15 is 0 Å². The number of nitrogens with zero attached hydrogens (tertiary/aromatic N) is 5. The van der Waals surface area contributed by atoms with E-state index in [0.29, 0.717) is 4.77 Å². The van der Waals surface area contributed by atoms with Gasteiger partial charge < -0.3 is 4.57 Å². The molecule has 7 heteroatoms. The maximum atomic E-state index is 5.18. The fourth-order valence-corrected chi connectivity index (χ4v) is 1.79. The third kappa shape index (κ3) is 2.35. The van der Waals surface area contributed by atoms with E-state index in [2.05, 4.69) is 27.4 Å². The van der Waals surface area contributed by atoms with E-state index < -0.39 is 0 Å². The summed E-state index contributed by atoms with van der Waals surface area (Å²) in [6.07, 6.45) is 5.50. The van der Waals surface area contributed by atoms with Crippen LogP contribution in [0.25, 0.3) is 0 Å². The summed E-state index contributed by atoms with van der Waals surface area (Å²) in [5.41, 5.74) is 0. The number of aryl methyl sites for hydroxylation is 2. The standard InChI is InChI=1S/C9H14N6S/c1-2-3-8-11-12-9(16)15(8)7-6-14-5-4-10-13-14/h4-5H,2-3,6-7H2,1H3,(H,12,16). The molecule has 0 amide bonds. The molecule has 0 radical (unpaired) electrons. The van der Waals surface area contributed by atoms with Gasteiger partial charge in [0.2, 0.25) is 0 Å². The molecule has 2 heterocycles. The number of hydrogen-bond donors (Lipinski definition) is 1. The molecule has 0 aliphatic heterocycles. The molecule has 0 saturated heterocycles. The smallest absolute Gasteiger partial charge is 0.195 e. The Balaban J connectivity index is 2.08. The van der Waals surface area contributed by atoms with Gasteiger partial charge in [-0.05, 0) is 18.6 Å². The molecule has 0 fully saturated rings. The summed E-state index contributed by atoms with van der Waals surface area (Å²) >= 11 is 5.18. The Hall–Kier alpha value is -1.50. The summed E-state index contributed by atoms with van der Waals surface area (Å²) in [6, 6.07) is 0. The van der Waals surface area contributed by atoms with Crippen LogP contribution in [-0.2, 0) is 19.5 Å². The molecule has 2 aromatic rings. The summed E-state index contributed by atoms with van der Waals surface area (Å²) in [5.74, 6) is 1.01. The summed E-state index contributed by atoms with van der Waals surface area (Å²) in [4.78, 5) is 0. The summed E-state index contributed by atoms with van der Waals surface area (Å²) < 4.78 is 4.47. The first-order valence-corrected chi connectivity index (χ1v) is 5.70. The zero-order valence-corrected chi connectivity index (χ0v) is 9.94. The molecule has 1 N–H and O–H groups in total. The topological polar surface area (TPSA) is 64.3 Å². The molecule has 16 heavy (non-hydrogen) atoms. The van der Waals surface area contributed by atoms with Gasteiger partial charge in [-0.1, -0.05) is 12.1 Å². The number of rotatable bonds is 5. The lowest BCUT2D eigenvalue weighted by molar-refractivity contribution is 0.503. The van der Waals surface area contributed by atoms with Crippen molar-refractivity contribution in [2.75, 3.05) is 0 Å². The van der Waals surface area contributed by atoms with E-state index in [0.717, 1.165) is 31.8 Å². The predicted octanol–water partition coefficient (Wildman–Crippen LogP) is 1.18. The van der Waals surface area contributed by atoms with Crippen LogP contribution in [0.4, 0.5) is 0 Å². The Kier molecular flexibility index (Phi) is 3.45.